The van der Waals surface area contributed by atoms with Crippen LogP contribution in [-0.4, -0.2) is 34.8 Å². The highest BCUT2D eigenvalue weighted by molar-refractivity contribution is 5.98. The standard InChI is InChI=1S/C27H27N3O2/c1-18-15-30(23-11-9-22(10-12-23)29-16-19(2)32-20(3)17-29)27(31)25-8-4-7-24(26(18)25)21-6-5-13-28-14-21/h4-15,19-20H,16-17H2,1-3H3. The molecule has 0 saturated carbocycles. The molecule has 5 heteroatoms. The van der Waals surface area contributed by atoms with Gasteiger partial charge >= 0.3 is 0 Å². The molecule has 0 amide bonds. The van der Waals surface area contributed by atoms with Crippen LogP contribution in [0.25, 0.3) is 27.6 Å². The van der Waals surface area contributed by atoms with Crippen molar-refractivity contribution in [3.63, 3.8) is 0 Å². The van der Waals surface area contributed by atoms with Crippen molar-refractivity contribution >= 4 is 16.5 Å². The summed E-state index contributed by atoms with van der Waals surface area (Å²) in [5, 5.41) is 1.70. The molecule has 0 radical (unpaired) electrons. The maximum absolute atomic E-state index is 13.5. The summed E-state index contributed by atoms with van der Waals surface area (Å²) in [6.07, 6.45) is 5.96. The molecule has 0 spiro atoms. The number of ether oxygens (including phenoxy) is 1. The minimum Gasteiger partial charge on any atom is -0.372 e. The van der Waals surface area contributed by atoms with Crippen LogP contribution >= 0.6 is 0 Å². The van der Waals surface area contributed by atoms with Gasteiger partial charge in [0.2, 0.25) is 0 Å². The van der Waals surface area contributed by atoms with Gasteiger partial charge in [0.05, 0.1) is 12.2 Å². The Balaban J connectivity index is 1.56. The molecular formula is C27H27N3O2. The fraction of sp³-hybridized carbons (Fsp3) is 0.259. The number of fused-ring (bicyclic) bond motifs is 1. The van der Waals surface area contributed by atoms with Gasteiger partial charge in [0.1, 0.15) is 0 Å². The topological polar surface area (TPSA) is 47.4 Å². The lowest BCUT2D eigenvalue weighted by Crippen LogP contribution is -2.45. The fourth-order valence-corrected chi connectivity index (χ4v) is 4.77. The van der Waals surface area contributed by atoms with E-state index in [9.17, 15) is 4.79 Å². The molecule has 4 aromatic rings. The average molecular weight is 426 g/mol. The second-order valence-electron chi connectivity index (χ2n) is 8.64. The number of morpholine rings is 1. The Bertz CT molecular complexity index is 1300. The number of nitrogens with zero attached hydrogens (tertiary/aromatic N) is 3. The van der Waals surface area contributed by atoms with Crippen LogP contribution in [0.3, 0.4) is 0 Å². The molecule has 1 fully saturated rings. The number of rotatable bonds is 3. The van der Waals surface area contributed by atoms with E-state index in [0.717, 1.165) is 46.5 Å². The number of pyridine rings is 2. The quantitative estimate of drug-likeness (QED) is 0.465. The molecule has 5 nitrogen and oxygen atoms in total. The Morgan fingerprint density at radius 1 is 0.938 bits per heavy atom. The van der Waals surface area contributed by atoms with E-state index in [1.165, 1.54) is 0 Å². The molecule has 3 heterocycles. The van der Waals surface area contributed by atoms with E-state index in [-0.39, 0.29) is 17.8 Å². The monoisotopic (exact) mass is 425 g/mol. The maximum atomic E-state index is 13.5. The zero-order chi connectivity index (χ0) is 22.2. The molecule has 2 aromatic heterocycles. The van der Waals surface area contributed by atoms with Crippen LogP contribution in [0.4, 0.5) is 5.69 Å². The van der Waals surface area contributed by atoms with Gasteiger partial charge in [-0.15, -0.1) is 0 Å². The van der Waals surface area contributed by atoms with E-state index in [1.807, 2.05) is 48.8 Å². The summed E-state index contributed by atoms with van der Waals surface area (Å²) in [4.78, 5) is 20.0. The first-order valence-electron chi connectivity index (χ1n) is 11.1. The summed E-state index contributed by atoms with van der Waals surface area (Å²) < 4.78 is 7.60. The van der Waals surface area contributed by atoms with Crippen LogP contribution < -0.4 is 10.5 Å². The highest BCUT2D eigenvalue weighted by Crippen LogP contribution is 2.30. The molecule has 1 aliphatic rings. The van der Waals surface area contributed by atoms with Crippen molar-refractivity contribution in [2.24, 2.45) is 0 Å². The lowest BCUT2D eigenvalue weighted by Gasteiger charge is -2.36. The van der Waals surface area contributed by atoms with Crippen LogP contribution in [0.15, 0.2) is 78.0 Å². The molecule has 1 saturated heterocycles. The van der Waals surface area contributed by atoms with Crippen molar-refractivity contribution in [2.75, 3.05) is 18.0 Å². The summed E-state index contributed by atoms with van der Waals surface area (Å²) in [5.74, 6) is 0. The van der Waals surface area contributed by atoms with Crippen molar-refractivity contribution < 1.29 is 4.74 Å². The first-order valence-corrected chi connectivity index (χ1v) is 11.1. The van der Waals surface area contributed by atoms with Crippen molar-refractivity contribution in [1.29, 1.82) is 0 Å². The molecular weight excluding hydrogens is 398 g/mol. The number of anilines is 1. The Morgan fingerprint density at radius 2 is 1.66 bits per heavy atom. The molecule has 0 N–H and O–H groups in total. The molecule has 1 aliphatic heterocycles. The highest BCUT2D eigenvalue weighted by atomic mass is 16.5. The Labute approximate surface area is 187 Å². The van der Waals surface area contributed by atoms with E-state index >= 15 is 0 Å². The van der Waals surface area contributed by atoms with Gasteiger partial charge in [-0.05, 0) is 73.7 Å². The van der Waals surface area contributed by atoms with Crippen molar-refractivity contribution in [3.05, 3.63) is 89.1 Å². The SMILES string of the molecule is Cc1cn(-c2ccc(N3CC(C)OC(C)C3)cc2)c(=O)c2cccc(-c3cccnc3)c12. The van der Waals surface area contributed by atoms with Gasteiger partial charge in [-0.25, -0.2) is 0 Å². The minimum atomic E-state index is -0.0160. The van der Waals surface area contributed by atoms with Crippen LogP contribution in [0, 0.1) is 6.92 Å². The van der Waals surface area contributed by atoms with Crippen LogP contribution in [0.5, 0.6) is 0 Å². The number of hydrogen-bond acceptors (Lipinski definition) is 4. The van der Waals surface area contributed by atoms with Crippen LogP contribution in [0.1, 0.15) is 19.4 Å². The second-order valence-corrected chi connectivity index (χ2v) is 8.64. The number of aryl methyl sites for hydroxylation is 1. The zero-order valence-electron chi connectivity index (χ0n) is 18.7. The van der Waals surface area contributed by atoms with Crippen LogP contribution in [-0.2, 0) is 4.74 Å². The van der Waals surface area contributed by atoms with Gasteiger partial charge in [-0.1, -0.05) is 18.2 Å². The third-order valence-corrected chi connectivity index (χ3v) is 6.12. The third kappa shape index (κ3) is 3.69. The Kier molecular flexibility index (Phi) is 5.27. The molecule has 32 heavy (non-hydrogen) atoms. The van der Waals surface area contributed by atoms with E-state index in [0.29, 0.717) is 5.39 Å². The molecule has 2 unspecified atom stereocenters. The van der Waals surface area contributed by atoms with E-state index in [1.54, 1.807) is 10.8 Å². The minimum absolute atomic E-state index is 0.0160. The van der Waals surface area contributed by atoms with Crippen molar-refractivity contribution in [2.45, 2.75) is 33.0 Å². The first kappa shape index (κ1) is 20.5. The summed E-state index contributed by atoms with van der Waals surface area (Å²) >= 11 is 0. The van der Waals surface area contributed by atoms with E-state index in [4.69, 9.17) is 4.74 Å². The Hall–Kier alpha value is -3.44. The van der Waals surface area contributed by atoms with Gasteiger partial charge in [-0.2, -0.15) is 0 Å². The zero-order valence-corrected chi connectivity index (χ0v) is 18.7. The normalized spacial score (nSPS) is 18.8. The fourth-order valence-electron chi connectivity index (χ4n) is 4.77. The first-order chi connectivity index (χ1) is 15.5. The number of benzene rings is 2. The lowest BCUT2D eigenvalue weighted by molar-refractivity contribution is -0.00521. The number of hydrogen-bond donors (Lipinski definition) is 0. The summed E-state index contributed by atoms with van der Waals surface area (Å²) in [5.41, 5.74) is 5.10. The van der Waals surface area contributed by atoms with Gasteiger partial charge in [0.15, 0.2) is 0 Å². The number of aromatic nitrogens is 2. The third-order valence-electron chi connectivity index (χ3n) is 6.12. The molecule has 0 bridgehead atoms. The smallest absolute Gasteiger partial charge is 0.262 e. The second kappa shape index (κ2) is 8.24. The highest BCUT2D eigenvalue weighted by Gasteiger charge is 2.22. The van der Waals surface area contributed by atoms with Crippen LogP contribution in [0.2, 0.25) is 0 Å². The predicted octanol–water partition coefficient (Wildman–Crippen LogP) is 4.97. The van der Waals surface area contributed by atoms with Gasteiger partial charge in [0.25, 0.3) is 5.56 Å². The van der Waals surface area contributed by atoms with E-state index in [2.05, 4.69) is 48.9 Å². The molecule has 2 atom stereocenters. The van der Waals surface area contributed by atoms with Gasteiger partial charge in [0, 0.05) is 54.0 Å². The van der Waals surface area contributed by atoms with Gasteiger partial charge < -0.3 is 9.64 Å². The van der Waals surface area contributed by atoms with Crippen molar-refractivity contribution in [1.82, 2.24) is 9.55 Å². The van der Waals surface area contributed by atoms with E-state index < -0.39 is 0 Å². The summed E-state index contributed by atoms with van der Waals surface area (Å²) in [6, 6.07) is 18.1. The largest absolute Gasteiger partial charge is 0.372 e. The predicted molar refractivity (Wildman–Crippen MR) is 130 cm³/mol. The Morgan fingerprint density at radius 3 is 2.34 bits per heavy atom. The molecule has 0 aliphatic carbocycles. The molecule has 162 valence electrons. The lowest BCUT2D eigenvalue weighted by atomic mass is 9.97. The molecule has 2 aromatic carbocycles. The summed E-state index contributed by atoms with van der Waals surface area (Å²) in [6.45, 7) is 8.01. The maximum Gasteiger partial charge on any atom is 0.262 e. The van der Waals surface area contributed by atoms with Gasteiger partial charge in [-0.3, -0.25) is 14.3 Å². The van der Waals surface area contributed by atoms with Crippen molar-refractivity contribution in [3.8, 4) is 16.8 Å². The summed E-state index contributed by atoms with van der Waals surface area (Å²) in [7, 11) is 0. The average Bonchev–Trinajstić information content (AvgIpc) is 2.81. The molecule has 5 rings (SSSR count).